The molecule has 3 amide bonds. The van der Waals surface area contributed by atoms with Crippen molar-refractivity contribution in [2.24, 2.45) is 46.3 Å². The summed E-state index contributed by atoms with van der Waals surface area (Å²) >= 11 is 0. The quantitative estimate of drug-likeness (QED) is 0.0684. The van der Waals surface area contributed by atoms with E-state index < -0.39 is 17.8 Å². The summed E-state index contributed by atoms with van der Waals surface area (Å²) in [6, 6.07) is 0. The van der Waals surface area contributed by atoms with Crippen molar-refractivity contribution in [2.45, 2.75) is 131 Å². The molecule has 12 heteroatoms. The van der Waals surface area contributed by atoms with Crippen LogP contribution in [0.25, 0.3) is 0 Å². The lowest BCUT2D eigenvalue weighted by molar-refractivity contribution is -0.198. The van der Waals surface area contributed by atoms with Crippen LogP contribution >= 0.6 is 0 Å². The number of carbonyl (C=O) groups excluding carboxylic acids is 4. The van der Waals surface area contributed by atoms with Crippen molar-refractivity contribution in [3.05, 3.63) is 11.6 Å². The monoisotopic (exact) mass is 775 g/mol. The van der Waals surface area contributed by atoms with Crippen LogP contribution in [-0.2, 0) is 42.9 Å². The fourth-order valence-electron chi connectivity index (χ4n) is 10.9. The van der Waals surface area contributed by atoms with Gasteiger partial charge in [-0.2, -0.15) is 0 Å². The van der Waals surface area contributed by atoms with Gasteiger partial charge in [0, 0.05) is 25.8 Å². The Morgan fingerprint density at radius 2 is 1.47 bits per heavy atom. The number of fused-ring (bicyclic) bond motifs is 5. The number of rotatable bonds is 22. The van der Waals surface area contributed by atoms with Crippen molar-refractivity contribution in [1.29, 1.82) is 0 Å². The second-order valence-electron chi connectivity index (χ2n) is 17.7. The zero-order valence-electron chi connectivity index (χ0n) is 34.4. The Balaban J connectivity index is 0.872. The van der Waals surface area contributed by atoms with Crippen LogP contribution in [0, 0.1) is 46.3 Å². The highest BCUT2D eigenvalue weighted by Gasteiger charge is 2.59. The lowest BCUT2D eigenvalue weighted by Gasteiger charge is -2.58. The predicted molar refractivity (Wildman–Crippen MR) is 206 cm³/mol. The maximum absolute atomic E-state index is 12.7. The fourth-order valence-corrected chi connectivity index (χ4v) is 10.9. The van der Waals surface area contributed by atoms with Crippen molar-refractivity contribution >= 4 is 23.9 Å². The summed E-state index contributed by atoms with van der Waals surface area (Å²) in [6.45, 7) is 15.5. The van der Waals surface area contributed by atoms with E-state index in [9.17, 15) is 19.2 Å². The molecule has 3 saturated carbocycles. The first-order valence-corrected chi connectivity index (χ1v) is 21.4. The van der Waals surface area contributed by atoms with Crippen LogP contribution in [0.3, 0.4) is 0 Å². The molecule has 0 radical (unpaired) electrons. The SMILES string of the molecule is CC(C)CCC[C@@H](C)C1CC[C@H]2C3CC=C4C[C@@H](OC(=O)NCCOCCOCCOCCOCCC(=O)ON5C(=O)CCC5=O)CC[C@]4(C)[C@H]3CC[C@]12C. The predicted octanol–water partition coefficient (Wildman–Crippen LogP) is 7.19. The minimum Gasteiger partial charge on any atom is -0.446 e. The molecule has 2 unspecified atom stereocenters. The molecule has 0 aromatic heterocycles. The molecule has 1 saturated heterocycles. The Labute approximate surface area is 329 Å². The van der Waals surface area contributed by atoms with Crippen molar-refractivity contribution in [3.63, 3.8) is 0 Å². The van der Waals surface area contributed by atoms with Gasteiger partial charge in [0.2, 0.25) is 0 Å². The van der Waals surface area contributed by atoms with E-state index in [1.807, 2.05) is 0 Å². The van der Waals surface area contributed by atoms with E-state index in [4.69, 9.17) is 28.5 Å². The molecule has 312 valence electrons. The molecule has 55 heavy (non-hydrogen) atoms. The van der Waals surface area contributed by atoms with E-state index in [0.717, 1.165) is 54.8 Å². The Hall–Kier alpha value is -2.54. The number of imide groups is 1. The molecule has 1 aliphatic heterocycles. The molecule has 12 nitrogen and oxygen atoms in total. The van der Waals surface area contributed by atoms with Crippen molar-refractivity contribution in [2.75, 3.05) is 59.4 Å². The van der Waals surface area contributed by atoms with E-state index in [2.05, 4.69) is 46.0 Å². The van der Waals surface area contributed by atoms with Gasteiger partial charge < -0.3 is 33.8 Å². The first kappa shape index (κ1) is 43.6. The summed E-state index contributed by atoms with van der Waals surface area (Å²) < 4.78 is 27.8. The van der Waals surface area contributed by atoms with Gasteiger partial charge in [-0.05, 0) is 91.3 Å². The Bertz CT molecular complexity index is 1310. The highest BCUT2D eigenvalue weighted by atomic mass is 16.7. The lowest BCUT2D eigenvalue weighted by atomic mass is 9.47. The van der Waals surface area contributed by atoms with Crippen LogP contribution in [0.5, 0.6) is 0 Å². The standard InChI is InChI=1S/C43H70N2O10/c1-30(2)7-6-8-31(3)35-11-12-36-34-10-9-32-29-33(15-18-42(32,4)37(34)16-19-43(35,36)5)54-41(49)44-20-22-51-24-26-53-28-27-52-25-23-50-21-17-40(48)55-45-38(46)13-14-39(45)47/h9,30-31,33-37H,6-8,10-29H2,1-5H3,(H,44,49)/t31-,33+,34?,35?,36+,37+,42+,43-/m1/s1. The number of hydrogen-bond donors (Lipinski definition) is 1. The number of amides is 3. The van der Waals surface area contributed by atoms with E-state index in [-0.39, 0.29) is 50.1 Å². The number of hydroxylamine groups is 2. The molecule has 4 aliphatic carbocycles. The van der Waals surface area contributed by atoms with E-state index in [0.29, 0.717) is 56.7 Å². The molecule has 5 rings (SSSR count). The summed E-state index contributed by atoms with van der Waals surface area (Å²) in [7, 11) is 0. The molecule has 1 heterocycles. The Kier molecular flexibility index (Phi) is 16.4. The topological polar surface area (TPSA) is 139 Å². The number of carbonyl (C=O) groups is 4. The third-order valence-corrected chi connectivity index (χ3v) is 13.8. The average Bonchev–Trinajstić information content (AvgIpc) is 3.67. The van der Waals surface area contributed by atoms with Crippen LogP contribution in [0.2, 0.25) is 0 Å². The minimum atomic E-state index is -0.696. The van der Waals surface area contributed by atoms with Gasteiger partial charge >= 0.3 is 12.1 Å². The summed E-state index contributed by atoms with van der Waals surface area (Å²) in [6.07, 6.45) is 15.9. The molecule has 0 aromatic rings. The molecule has 1 N–H and O–H groups in total. The van der Waals surface area contributed by atoms with Gasteiger partial charge in [-0.25, -0.2) is 9.59 Å². The molecular weight excluding hydrogens is 704 g/mol. The minimum absolute atomic E-state index is 0.0603. The molecule has 0 aromatic carbocycles. The van der Waals surface area contributed by atoms with E-state index in [1.165, 1.54) is 56.9 Å². The van der Waals surface area contributed by atoms with Crippen molar-refractivity contribution in [3.8, 4) is 0 Å². The number of nitrogens with one attached hydrogen (secondary N) is 1. The van der Waals surface area contributed by atoms with Gasteiger partial charge in [-0.3, -0.25) is 9.59 Å². The highest BCUT2D eigenvalue weighted by Crippen LogP contribution is 2.67. The zero-order chi connectivity index (χ0) is 39.4. The maximum Gasteiger partial charge on any atom is 0.407 e. The van der Waals surface area contributed by atoms with E-state index in [1.54, 1.807) is 0 Å². The smallest absolute Gasteiger partial charge is 0.407 e. The zero-order valence-corrected chi connectivity index (χ0v) is 34.4. The molecule has 0 spiro atoms. The molecule has 0 bridgehead atoms. The summed E-state index contributed by atoms with van der Waals surface area (Å²) in [5, 5.41) is 3.38. The second-order valence-corrected chi connectivity index (χ2v) is 17.7. The molecular formula is C43H70N2O10. The number of hydrogen-bond acceptors (Lipinski definition) is 10. The van der Waals surface area contributed by atoms with Crippen LogP contribution in [-0.4, -0.2) is 94.4 Å². The molecule has 5 aliphatic rings. The van der Waals surface area contributed by atoms with Crippen LogP contribution in [0.15, 0.2) is 11.6 Å². The lowest BCUT2D eigenvalue weighted by Crippen LogP contribution is -2.51. The van der Waals surface area contributed by atoms with Crippen LogP contribution in [0.4, 0.5) is 4.79 Å². The second kappa shape index (κ2) is 20.8. The average molecular weight is 775 g/mol. The maximum atomic E-state index is 12.7. The van der Waals surface area contributed by atoms with E-state index >= 15 is 0 Å². The van der Waals surface area contributed by atoms with Gasteiger partial charge in [-0.1, -0.05) is 65.5 Å². The van der Waals surface area contributed by atoms with Crippen molar-refractivity contribution < 1.29 is 47.7 Å². The Morgan fingerprint density at radius 3 is 2.15 bits per heavy atom. The number of nitrogens with zero attached hydrogens (tertiary/aromatic N) is 1. The fraction of sp³-hybridized carbons (Fsp3) is 0.860. The normalized spacial score (nSPS) is 30.8. The third-order valence-electron chi connectivity index (χ3n) is 13.8. The summed E-state index contributed by atoms with van der Waals surface area (Å²) in [5.74, 6) is 3.21. The van der Waals surface area contributed by atoms with Crippen LogP contribution in [0.1, 0.15) is 125 Å². The highest BCUT2D eigenvalue weighted by molar-refractivity contribution is 6.01. The Morgan fingerprint density at radius 1 is 0.818 bits per heavy atom. The van der Waals surface area contributed by atoms with Gasteiger partial charge in [0.05, 0.1) is 59.3 Å². The van der Waals surface area contributed by atoms with Gasteiger partial charge in [0.25, 0.3) is 11.8 Å². The first-order valence-electron chi connectivity index (χ1n) is 21.4. The molecule has 8 atom stereocenters. The number of alkyl carbamates (subject to hydrolysis) is 1. The van der Waals surface area contributed by atoms with Gasteiger partial charge in [0.1, 0.15) is 6.10 Å². The molecule has 4 fully saturated rings. The van der Waals surface area contributed by atoms with Crippen molar-refractivity contribution in [1.82, 2.24) is 10.4 Å². The number of allylic oxidation sites excluding steroid dienone is 1. The van der Waals surface area contributed by atoms with Gasteiger partial charge in [0.15, 0.2) is 0 Å². The van der Waals surface area contributed by atoms with Crippen LogP contribution < -0.4 is 5.32 Å². The summed E-state index contributed by atoms with van der Waals surface area (Å²) in [5.41, 5.74) is 2.27. The third kappa shape index (κ3) is 11.5. The number of ether oxygens (including phenoxy) is 5. The first-order chi connectivity index (χ1) is 26.4. The summed E-state index contributed by atoms with van der Waals surface area (Å²) in [4.78, 5) is 52.1. The van der Waals surface area contributed by atoms with Gasteiger partial charge in [-0.15, -0.1) is 5.06 Å². The largest absolute Gasteiger partial charge is 0.446 e.